The van der Waals surface area contributed by atoms with E-state index in [-0.39, 0.29) is 12.5 Å². The molecular formula is C14H25NO4. The highest BCUT2D eigenvalue weighted by Gasteiger charge is 2.29. The molecule has 0 aromatic heterocycles. The molecule has 0 heterocycles. The van der Waals surface area contributed by atoms with Gasteiger partial charge in [0.25, 0.3) is 0 Å². The third-order valence-electron chi connectivity index (χ3n) is 2.76. The monoisotopic (exact) mass is 271 g/mol. The van der Waals surface area contributed by atoms with Gasteiger partial charge in [0.05, 0.1) is 0 Å². The number of hydrogen-bond donors (Lipinski definition) is 0. The Morgan fingerprint density at radius 2 is 1.79 bits per heavy atom. The van der Waals surface area contributed by atoms with Crippen LogP contribution in [0.25, 0.3) is 0 Å². The first kappa shape index (κ1) is 17.6. The minimum atomic E-state index is -0.634. The average molecular weight is 271 g/mol. The molecule has 5 heteroatoms. The largest absolute Gasteiger partial charge is 0.458 e. The van der Waals surface area contributed by atoms with Crippen molar-refractivity contribution in [2.75, 3.05) is 6.54 Å². The van der Waals surface area contributed by atoms with Gasteiger partial charge < -0.3 is 14.4 Å². The van der Waals surface area contributed by atoms with Gasteiger partial charge in [0.15, 0.2) is 0 Å². The third kappa shape index (κ3) is 6.36. The van der Waals surface area contributed by atoms with Gasteiger partial charge in [-0.1, -0.05) is 13.8 Å². The van der Waals surface area contributed by atoms with Crippen molar-refractivity contribution in [2.24, 2.45) is 5.92 Å². The normalized spacial score (nSPS) is 14.4. The van der Waals surface area contributed by atoms with Gasteiger partial charge in [0, 0.05) is 12.5 Å². The highest BCUT2D eigenvalue weighted by Crippen LogP contribution is 2.14. The molecule has 0 N–H and O–H groups in total. The molecule has 0 fully saturated rings. The Hall–Kier alpha value is -1.39. The van der Waals surface area contributed by atoms with Crippen LogP contribution in [0.2, 0.25) is 0 Å². The summed E-state index contributed by atoms with van der Waals surface area (Å²) in [6.45, 7) is 9.28. The van der Waals surface area contributed by atoms with E-state index in [0.29, 0.717) is 19.3 Å². The van der Waals surface area contributed by atoms with Gasteiger partial charge in [0.2, 0.25) is 6.41 Å². The van der Waals surface area contributed by atoms with E-state index >= 15 is 0 Å². The van der Waals surface area contributed by atoms with Crippen LogP contribution < -0.4 is 0 Å². The first-order chi connectivity index (χ1) is 8.78. The molecule has 1 amide bonds. The van der Waals surface area contributed by atoms with Crippen LogP contribution in [0.15, 0.2) is 0 Å². The van der Waals surface area contributed by atoms with E-state index in [2.05, 4.69) is 0 Å². The molecule has 0 aliphatic heterocycles. The lowest BCUT2D eigenvalue weighted by atomic mass is 10.1. The quantitative estimate of drug-likeness (QED) is 0.499. The topological polar surface area (TPSA) is 63.7 Å². The smallest absolute Gasteiger partial charge is 0.329 e. The summed E-state index contributed by atoms with van der Waals surface area (Å²) in [4.78, 5) is 35.4. The lowest BCUT2D eigenvalue weighted by Crippen LogP contribution is -2.45. The van der Waals surface area contributed by atoms with E-state index in [1.54, 1.807) is 20.8 Å². The van der Waals surface area contributed by atoms with E-state index in [9.17, 15) is 14.4 Å². The molecule has 0 aromatic rings. The van der Waals surface area contributed by atoms with E-state index in [0.717, 1.165) is 6.29 Å². The number of nitrogens with zero attached hydrogens (tertiary/aromatic N) is 1. The molecule has 2 atom stereocenters. The summed E-state index contributed by atoms with van der Waals surface area (Å²) in [7, 11) is 0. The molecule has 0 spiro atoms. The van der Waals surface area contributed by atoms with Crippen LogP contribution >= 0.6 is 0 Å². The molecule has 110 valence electrons. The summed E-state index contributed by atoms with van der Waals surface area (Å²) in [5, 5.41) is 0. The zero-order chi connectivity index (χ0) is 15.1. The van der Waals surface area contributed by atoms with Crippen molar-refractivity contribution < 1.29 is 19.1 Å². The molecule has 0 saturated carbocycles. The molecule has 0 aromatic carbocycles. The molecule has 0 saturated heterocycles. The molecule has 0 rings (SSSR count). The minimum Gasteiger partial charge on any atom is -0.458 e. The summed E-state index contributed by atoms with van der Waals surface area (Å²) in [5.41, 5.74) is -0.589. The van der Waals surface area contributed by atoms with Crippen LogP contribution in [-0.4, -0.2) is 41.8 Å². The van der Waals surface area contributed by atoms with Crippen molar-refractivity contribution in [1.29, 1.82) is 0 Å². The molecule has 0 aliphatic carbocycles. The molecule has 0 aliphatic rings. The Balaban J connectivity index is 4.82. The van der Waals surface area contributed by atoms with E-state index in [1.165, 1.54) is 4.90 Å². The van der Waals surface area contributed by atoms with Crippen molar-refractivity contribution in [3.63, 3.8) is 0 Å². The summed E-state index contributed by atoms with van der Waals surface area (Å²) in [6.07, 6.45) is 2.53. The zero-order valence-corrected chi connectivity index (χ0v) is 12.5. The van der Waals surface area contributed by atoms with Crippen LogP contribution in [0.1, 0.15) is 47.5 Å². The van der Waals surface area contributed by atoms with Gasteiger partial charge in [-0.25, -0.2) is 4.79 Å². The van der Waals surface area contributed by atoms with Crippen LogP contribution in [0.3, 0.4) is 0 Å². The zero-order valence-electron chi connectivity index (χ0n) is 12.5. The summed E-state index contributed by atoms with van der Waals surface area (Å²) in [5.74, 6) is -0.676. The van der Waals surface area contributed by atoms with E-state index < -0.39 is 17.6 Å². The van der Waals surface area contributed by atoms with Gasteiger partial charge in [-0.15, -0.1) is 0 Å². The fourth-order valence-corrected chi connectivity index (χ4v) is 1.69. The Labute approximate surface area is 115 Å². The summed E-state index contributed by atoms with van der Waals surface area (Å²) < 4.78 is 5.29. The number of aldehydes is 1. The second-order valence-corrected chi connectivity index (χ2v) is 5.56. The summed E-state index contributed by atoms with van der Waals surface area (Å²) >= 11 is 0. The van der Waals surface area contributed by atoms with Crippen molar-refractivity contribution in [3.8, 4) is 0 Å². The number of rotatable bonds is 8. The number of ether oxygens (including phenoxy) is 1. The number of hydrogen-bond acceptors (Lipinski definition) is 4. The highest BCUT2D eigenvalue weighted by atomic mass is 16.6. The Bertz CT molecular complexity index is 309. The molecule has 19 heavy (non-hydrogen) atoms. The van der Waals surface area contributed by atoms with Gasteiger partial charge in [-0.05, 0) is 33.6 Å². The fraction of sp³-hybridized carbons (Fsp3) is 0.786. The molecule has 0 bridgehead atoms. The maximum absolute atomic E-state index is 12.0. The first-order valence-electron chi connectivity index (χ1n) is 6.68. The molecule has 2 unspecified atom stereocenters. The maximum Gasteiger partial charge on any atom is 0.329 e. The second kappa shape index (κ2) is 7.92. The maximum atomic E-state index is 12.0. The number of carbonyl (C=O) groups is 3. The van der Waals surface area contributed by atoms with Crippen molar-refractivity contribution in [2.45, 2.75) is 59.1 Å². The van der Waals surface area contributed by atoms with Crippen LogP contribution in [0.5, 0.6) is 0 Å². The van der Waals surface area contributed by atoms with Crippen molar-refractivity contribution >= 4 is 18.7 Å². The predicted molar refractivity (Wildman–Crippen MR) is 72.5 cm³/mol. The van der Waals surface area contributed by atoms with Gasteiger partial charge in [-0.2, -0.15) is 0 Å². The van der Waals surface area contributed by atoms with Crippen LogP contribution in [-0.2, 0) is 19.1 Å². The highest BCUT2D eigenvalue weighted by molar-refractivity contribution is 5.78. The fourth-order valence-electron chi connectivity index (χ4n) is 1.69. The van der Waals surface area contributed by atoms with Crippen LogP contribution in [0, 0.1) is 5.92 Å². The number of esters is 1. The lowest BCUT2D eigenvalue weighted by Gasteiger charge is -2.30. The lowest BCUT2D eigenvalue weighted by molar-refractivity contribution is -0.163. The van der Waals surface area contributed by atoms with E-state index in [4.69, 9.17) is 4.74 Å². The molecular weight excluding hydrogens is 246 g/mol. The average Bonchev–Trinajstić information content (AvgIpc) is 2.32. The van der Waals surface area contributed by atoms with Crippen LogP contribution in [0.4, 0.5) is 0 Å². The Morgan fingerprint density at radius 1 is 1.21 bits per heavy atom. The van der Waals surface area contributed by atoms with E-state index in [1.807, 2.05) is 13.8 Å². The first-order valence-corrected chi connectivity index (χ1v) is 6.68. The summed E-state index contributed by atoms with van der Waals surface area (Å²) in [6, 6.07) is -0.634. The number of carbonyl (C=O) groups excluding carboxylic acids is 3. The standard InChI is InChI=1S/C14H25NO4/c1-6-11(9-16)8-15(10-17)12(7-2)13(18)19-14(3,4)5/h9-12H,6-8H2,1-5H3. The SMILES string of the molecule is CCC(C=O)CN(C=O)C(CC)C(=O)OC(C)(C)C. The van der Waals surface area contributed by atoms with Crippen molar-refractivity contribution in [1.82, 2.24) is 4.90 Å². The van der Waals surface area contributed by atoms with Gasteiger partial charge in [-0.3, -0.25) is 4.79 Å². The minimum absolute atomic E-state index is 0.248. The second-order valence-electron chi connectivity index (χ2n) is 5.56. The number of amides is 1. The van der Waals surface area contributed by atoms with Crippen molar-refractivity contribution in [3.05, 3.63) is 0 Å². The Kier molecular flexibility index (Phi) is 7.34. The molecule has 5 nitrogen and oxygen atoms in total. The predicted octanol–water partition coefficient (Wildman–Crippen LogP) is 1.79. The van der Waals surface area contributed by atoms with Gasteiger partial charge in [0.1, 0.15) is 17.9 Å². The third-order valence-corrected chi connectivity index (χ3v) is 2.76. The molecule has 0 radical (unpaired) electrons. The Morgan fingerprint density at radius 3 is 2.11 bits per heavy atom. The van der Waals surface area contributed by atoms with Gasteiger partial charge >= 0.3 is 5.97 Å².